The fraction of sp³-hybridized carbons (Fsp3) is 0.786. The lowest BCUT2D eigenvalue weighted by atomic mass is 9.95. The molecule has 0 unspecified atom stereocenters. The molecule has 18 heavy (non-hydrogen) atoms. The van der Waals surface area contributed by atoms with Gasteiger partial charge in [0.15, 0.2) is 0 Å². The van der Waals surface area contributed by atoms with Crippen molar-refractivity contribution in [3.63, 3.8) is 0 Å². The molecule has 1 aromatic rings. The second-order valence-electron chi connectivity index (χ2n) is 5.03. The molecule has 0 atom stereocenters. The highest BCUT2D eigenvalue weighted by molar-refractivity contribution is 5.18. The molecule has 4 heteroatoms. The van der Waals surface area contributed by atoms with Crippen LogP contribution in [0.25, 0.3) is 0 Å². The van der Waals surface area contributed by atoms with Gasteiger partial charge in [-0.1, -0.05) is 19.3 Å². The molecule has 1 aliphatic carbocycles. The molecule has 0 amide bonds. The van der Waals surface area contributed by atoms with Crippen LogP contribution in [0, 0.1) is 0 Å². The molecule has 1 aliphatic rings. The summed E-state index contributed by atoms with van der Waals surface area (Å²) in [4.78, 5) is 0. The van der Waals surface area contributed by atoms with Gasteiger partial charge >= 0.3 is 0 Å². The smallest absolute Gasteiger partial charge is 0.0746 e. The summed E-state index contributed by atoms with van der Waals surface area (Å²) < 4.78 is 12.7. The maximum absolute atomic E-state index is 5.26. The van der Waals surface area contributed by atoms with Crippen molar-refractivity contribution in [1.29, 1.82) is 0 Å². The van der Waals surface area contributed by atoms with Crippen LogP contribution in [0.3, 0.4) is 0 Å². The molecule has 1 fully saturated rings. The monoisotopic (exact) mass is 252 g/mol. The van der Waals surface area contributed by atoms with Gasteiger partial charge < -0.3 is 9.47 Å². The van der Waals surface area contributed by atoms with E-state index in [9.17, 15) is 0 Å². The lowest BCUT2D eigenvalue weighted by Crippen LogP contribution is -2.18. The van der Waals surface area contributed by atoms with E-state index in [1.807, 2.05) is 6.20 Å². The fourth-order valence-electron chi connectivity index (χ4n) is 2.81. The Labute approximate surface area is 109 Å². The molecule has 102 valence electrons. The summed E-state index contributed by atoms with van der Waals surface area (Å²) in [7, 11) is 3.48. The van der Waals surface area contributed by atoms with E-state index in [0.29, 0.717) is 12.6 Å². The van der Waals surface area contributed by atoms with Gasteiger partial charge in [0.05, 0.1) is 25.5 Å². The molecule has 0 aliphatic heterocycles. The number of nitrogens with zero attached hydrogens (tertiary/aromatic N) is 2. The van der Waals surface area contributed by atoms with Gasteiger partial charge in [-0.3, -0.25) is 4.68 Å². The lowest BCUT2D eigenvalue weighted by molar-refractivity contribution is 0.179. The Balaban J connectivity index is 2.16. The number of hydrogen-bond acceptors (Lipinski definition) is 3. The number of ether oxygens (including phenoxy) is 2. The largest absolute Gasteiger partial charge is 0.384 e. The maximum atomic E-state index is 5.26. The lowest BCUT2D eigenvalue weighted by Gasteiger charge is -2.24. The maximum Gasteiger partial charge on any atom is 0.0746 e. The van der Waals surface area contributed by atoms with Crippen molar-refractivity contribution in [3.8, 4) is 0 Å². The predicted octanol–water partition coefficient (Wildman–Crippen LogP) is 2.72. The fourth-order valence-corrected chi connectivity index (χ4v) is 2.81. The normalized spacial score (nSPS) is 17.2. The third kappa shape index (κ3) is 3.12. The Kier molecular flexibility index (Phi) is 5.20. The van der Waals surface area contributed by atoms with Gasteiger partial charge in [-0.15, -0.1) is 0 Å². The van der Waals surface area contributed by atoms with E-state index >= 15 is 0 Å². The quantitative estimate of drug-likeness (QED) is 0.781. The number of aromatic nitrogens is 2. The molecule has 0 radical (unpaired) electrons. The van der Waals surface area contributed by atoms with Gasteiger partial charge in [-0.2, -0.15) is 5.10 Å². The van der Waals surface area contributed by atoms with Crippen molar-refractivity contribution in [2.24, 2.45) is 0 Å². The van der Waals surface area contributed by atoms with E-state index in [-0.39, 0.29) is 0 Å². The number of methoxy groups -OCH3 is 2. The standard InChI is InChI=1S/C14H24N2O2/c1-17-9-8-14-12(11-18-2)10-15-16(14)13-6-4-3-5-7-13/h10,13H,3-9,11H2,1-2H3. The minimum atomic E-state index is 0.580. The van der Waals surface area contributed by atoms with Crippen molar-refractivity contribution in [1.82, 2.24) is 9.78 Å². The van der Waals surface area contributed by atoms with E-state index in [2.05, 4.69) is 9.78 Å². The van der Waals surface area contributed by atoms with E-state index in [0.717, 1.165) is 13.0 Å². The SMILES string of the molecule is COCCc1c(COC)cnn1C1CCCCC1. The van der Waals surface area contributed by atoms with Crippen LogP contribution in [0.4, 0.5) is 0 Å². The zero-order chi connectivity index (χ0) is 12.8. The Morgan fingerprint density at radius 1 is 1.22 bits per heavy atom. The summed E-state index contributed by atoms with van der Waals surface area (Å²) in [6.07, 6.45) is 9.43. The molecule has 0 N–H and O–H groups in total. The summed E-state index contributed by atoms with van der Waals surface area (Å²) in [5, 5.41) is 4.59. The Morgan fingerprint density at radius 2 is 2.00 bits per heavy atom. The van der Waals surface area contributed by atoms with Gasteiger partial charge in [-0.05, 0) is 12.8 Å². The first-order chi connectivity index (χ1) is 8.86. The summed E-state index contributed by atoms with van der Waals surface area (Å²) in [5.41, 5.74) is 2.51. The van der Waals surface area contributed by atoms with Gasteiger partial charge in [-0.25, -0.2) is 0 Å². The Bertz CT molecular complexity index is 357. The van der Waals surface area contributed by atoms with E-state index in [4.69, 9.17) is 9.47 Å². The summed E-state index contributed by atoms with van der Waals surface area (Å²) in [6, 6.07) is 0.580. The minimum absolute atomic E-state index is 0.580. The zero-order valence-corrected chi connectivity index (χ0v) is 11.5. The van der Waals surface area contributed by atoms with Crippen LogP contribution < -0.4 is 0 Å². The van der Waals surface area contributed by atoms with Gasteiger partial charge in [0.2, 0.25) is 0 Å². The van der Waals surface area contributed by atoms with Crippen molar-refractivity contribution in [3.05, 3.63) is 17.5 Å². The third-order valence-corrected chi connectivity index (χ3v) is 3.75. The second-order valence-corrected chi connectivity index (χ2v) is 5.03. The molecular weight excluding hydrogens is 228 g/mol. The third-order valence-electron chi connectivity index (χ3n) is 3.75. The first kappa shape index (κ1) is 13.6. The first-order valence-corrected chi connectivity index (χ1v) is 6.90. The molecule has 0 bridgehead atoms. The Hall–Kier alpha value is -0.870. The number of rotatable bonds is 6. The molecule has 0 saturated heterocycles. The summed E-state index contributed by atoms with van der Waals surface area (Å²) in [6.45, 7) is 1.39. The van der Waals surface area contributed by atoms with Crippen LogP contribution >= 0.6 is 0 Å². The van der Waals surface area contributed by atoms with Crippen molar-refractivity contribution < 1.29 is 9.47 Å². The summed E-state index contributed by atoms with van der Waals surface area (Å²) >= 11 is 0. The molecule has 0 aromatic carbocycles. The Morgan fingerprint density at radius 3 is 2.67 bits per heavy atom. The van der Waals surface area contributed by atoms with Gasteiger partial charge in [0, 0.05) is 31.9 Å². The van der Waals surface area contributed by atoms with Crippen molar-refractivity contribution in [2.45, 2.75) is 51.2 Å². The average molecular weight is 252 g/mol. The molecule has 0 spiro atoms. The van der Waals surface area contributed by atoms with Crippen LogP contribution in [0.5, 0.6) is 0 Å². The highest BCUT2D eigenvalue weighted by Gasteiger charge is 2.20. The van der Waals surface area contributed by atoms with Gasteiger partial charge in [0.1, 0.15) is 0 Å². The van der Waals surface area contributed by atoms with Crippen molar-refractivity contribution in [2.75, 3.05) is 20.8 Å². The second kappa shape index (κ2) is 6.90. The van der Waals surface area contributed by atoms with E-state index in [1.54, 1.807) is 14.2 Å². The summed E-state index contributed by atoms with van der Waals surface area (Å²) in [5.74, 6) is 0. The molecular formula is C14H24N2O2. The topological polar surface area (TPSA) is 36.3 Å². The molecule has 1 heterocycles. The zero-order valence-electron chi connectivity index (χ0n) is 11.5. The van der Waals surface area contributed by atoms with Crippen LogP contribution in [-0.4, -0.2) is 30.6 Å². The average Bonchev–Trinajstić information content (AvgIpc) is 2.81. The minimum Gasteiger partial charge on any atom is -0.384 e. The molecule has 1 aromatic heterocycles. The van der Waals surface area contributed by atoms with E-state index < -0.39 is 0 Å². The highest BCUT2D eigenvalue weighted by atomic mass is 16.5. The highest BCUT2D eigenvalue weighted by Crippen LogP contribution is 2.29. The number of hydrogen-bond donors (Lipinski definition) is 0. The van der Waals surface area contributed by atoms with Crippen molar-refractivity contribution >= 4 is 0 Å². The molecule has 1 saturated carbocycles. The van der Waals surface area contributed by atoms with Crippen LogP contribution in [0.1, 0.15) is 49.4 Å². The van der Waals surface area contributed by atoms with E-state index in [1.165, 1.54) is 43.4 Å². The molecule has 2 rings (SSSR count). The van der Waals surface area contributed by atoms with Gasteiger partial charge in [0.25, 0.3) is 0 Å². The van der Waals surface area contributed by atoms with Crippen LogP contribution in [0.15, 0.2) is 6.20 Å². The van der Waals surface area contributed by atoms with Crippen LogP contribution in [0.2, 0.25) is 0 Å². The molecule has 4 nitrogen and oxygen atoms in total. The first-order valence-electron chi connectivity index (χ1n) is 6.90. The van der Waals surface area contributed by atoms with Crippen LogP contribution in [-0.2, 0) is 22.5 Å². The predicted molar refractivity (Wildman–Crippen MR) is 70.6 cm³/mol.